The van der Waals surface area contributed by atoms with Crippen molar-refractivity contribution >= 4 is 23.3 Å². The number of hydrogen-bond donors (Lipinski definition) is 2. The van der Waals surface area contributed by atoms with Gasteiger partial charge in [-0.1, -0.05) is 37.1 Å². The summed E-state index contributed by atoms with van der Waals surface area (Å²) in [6, 6.07) is 6.15. The van der Waals surface area contributed by atoms with E-state index in [1.807, 2.05) is 24.7 Å². The van der Waals surface area contributed by atoms with Crippen molar-refractivity contribution in [3.05, 3.63) is 46.9 Å². The molecule has 6 nitrogen and oxygen atoms in total. The van der Waals surface area contributed by atoms with Gasteiger partial charge in [0.15, 0.2) is 5.82 Å². The number of halogens is 1. The summed E-state index contributed by atoms with van der Waals surface area (Å²) < 4.78 is 2.13. The quantitative estimate of drug-likeness (QED) is 0.560. The Hall–Kier alpha value is -1.89. The van der Waals surface area contributed by atoms with Gasteiger partial charge >= 0.3 is 0 Å². The van der Waals surface area contributed by atoms with Crippen LogP contribution < -0.4 is 10.6 Å². The average Bonchev–Trinajstić information content (AvgIpc) is 3.46. The lowest BCUT2D eigenvalue weighted by molar-refractivity contribution is -0.118. The molecule has 1 aliphatic heterocycles. The largest absolute Gasteiger partial charge is 0.328 e. The molecule has 1 amide bonds. The Kier molecular flexibility index (Phi) is 7.77. The Morgan fingerprint density at radius 2 is 2.09 bits per heavy atom. The molecular formula is C26H38ClN5O. The predicted molar refractivity (Wildman–Crippen MR) is 135 cm³/mol. The number of nitrogens with zero attached hydrogens (tertiary/aromatic N) is 3. The number of rotatable bonds is 9. The highest BCUT2D eigenvalue weighted by Crippen LogP contribution is 2.28. The van der Waals surface area contributed by atoms with Crippen molar-refractivity contribution < 1.29 is 4.79 Å². The first-order valence-electron chi connectivity index (χ1n) is 12.5. The van der Waals surface area contributed by atoms with Gasteiger partial charge in [0.1, 0.15) is 0 Å². The van der Waals surface area contributed by atoms with E-state index in [2.05, 4.69) is 51.9 Å². The zero-order chi connectivity index (χ0) is 23.4. The van der Waals surface area contributed by atoms with E-state index in [4.69, 9.17) is 11.6 Å². The maximum absolute atomic E-state index is 13.2. The molecule has 2 heterocycles. The fourth-order valence-corrected chi connectivity index (χ4v) is 5.52. The highest BCUT2D eigenvalue weighted by Gasteiger charge is 2.28. The number of fused-ring (bicyclic) bond motifs is 1. The van der Waals surface area contributed by atoms with Gasteiger partial charge in [-0.25, -0.2) is 4.98 Å². The van der Waals surface area contributed by atoms with Crippen molar-refractivity contribution in [3.8, 4) is 0 Å². The van der Waals surface area contributed by atoms with Gasteiger partial charge in [-0.3, -0.25) is 4.79 Å². The van der Waals surface area contributed by atoms with Crippen LogP contribution in [-0.2, 0) is 23.2 Å². The Labute approximate surface area is 203 Å². The normalized spacial score (nSPS) is 19.9. The number of nitrogens with one attached hydrogen (secondary N) is 2. The monoisotopic (exact) mass is 471 g/mol. The van der Waals surface area contributed by atoms with Crippen LogP contribution >= 0.6 is 11.6 Å². The Balaban J connectivity index is 1.37. The van der Waals surface area contributed by atoms with Crippen LogP contribution in [0.2, 0.25) is 5.02 Å². The molecule has 1 saturated heterocycles. The van der Waals surface area contributed by atoms with Crippen molar-refractivity contribution in [1.29, 1.82) is 0 Å². The molecule has 4 rings (SSSR count). The third-order valence-electron chi connectivity index (χ3n) is 7.10. The van der Waals surface area contributed by atoms with Crippen molar-refractivity contribution in [2.75, 3.05) is 25.0 Å². The van der Waals surface area contributed by atoms with E-state index in [0.717, 1.165) is 43.7 Å². The van der Waals surface area contributed by atoms with Gasteiger partial charge in [0.2, 0.25) is 5.91 Å². The molecular weight excluding hydrogens is 434 g/mol. The molecule has 0 saturated carbocycles. The highest BCUT2D eigenvalue weighted by atomic mass is 35.5. The first kappa shape index (κ1) is 24.2. The van der Waals surface area contributed by atoms with E-state index >= 15 is 0 Å². The summed E-state index contributed by atoms with van der Waals surface area (Å²) in [4.78, 5) is 20.2. The minimum Gasteiger partial charge on any atom is -0.328 e. The number of imidazole rings is 1. The third-order valence-corrected chi connectivity index (χ3v) is 7.46. The minimum atomic E-state index is -0.244. The van der Waals surface area contributed by atoms with Gasteiger partial charge in [-0.2, -0.15) is 0 Å². The second kappa shape index (κ2) is 10.6. The van der Waals surface area contributed by atoms with Crippen LogP contribution in [0.5, 0.6) is 0 Å². The smallest absolute Gasteiger partial charge is 0.242 e. The van der Waals surface area contributed by atoms with E-state index in [1.54, 1.807) is 0 Å². The summed E-state index contributed by atoms with van der Waals surface area (Å²) >= 11 is 6.45. The molecule has 1 aromatic heterocycles. The zero-order valence-electron chi connectivity index (χ0n) is 20.2. The maximum Gasteiger partial charge on any atom is 0.242 e. The fraction of sp³-hybridized carbons (Fsp3) is 0.615. The molecule has 33 heavy (non-hydrogen) atoms. The van der Waals surface area contributed by atoms with Gasteiger partial charge in [-0.05, 0) is 82.7 Å². The molecule has 0 radical (unpaired) electrons. The van der Waals surface area contributed by atoms with Crippen molar-refractivity contribution in [3.63, 3.8) is 0 Å². The van der Waals surface area contributed by atoms with Crippen molar-refractivity contribution in [1.82, 2.24) is 19.8 Å². The molecule has 2 aliphatic rings. The number of aromatic nitrogens is 2. The maximum atomic E-state index is 13.2. The Bertz CT molecular complexity index is 950. The molecule has 2 aromatic rings. The molecule has 180 valence electrons. The number of aryl methyl sites for hydroxylation is 1. The van der Waals surface area contributed by atoms with Gasteiger partial charge < -0.3 is 20.1 Å². The van der Waals surface area contributed by atoms with Crippen LogP contribution in [-0.4, -0.2) is 52.1 Å². The van der Waals surface area contributed by atoms with Gasteiger partial charge in [0.25, 0.3) is 0 Å². The van der Waals surface area contributed by atoms with E-state index < -0.39 is 0 Å². The number of hydrogen-bond acceptors (Lipinski definition) is 4. The van der Waals surface area contributed by atoms with E-state index in [0.29, 0.717) is 5.82 Å². The molecule has 1 aliphatic carbocycles. The summed E-state index contributed by atoms with van der Waals surface area (Å²) in [5, 5.41) is 7.51. The number of anilines is 1. The summed E-state index contributed by atoms with van der Waals surface area (Å²) in [6.45, 7) is 9.90. The first-order chi connectivity index (χ1) is 15.9. The van der Waals surface area contributed by atoms with Crippen LogP contribution in [0.25, 0.3) is 0 Å². The lowest BCUT2D eigenvalue weighted by atomic mass is 9.87. The second-order valence-electron chi connectivity index (χ2n) is 10.3. The van der Waals surface area contributed by atoms with Crippen LogP contribution in [0.1, 0.15) is 64.0 Å². The molecule has 0 unspecified atom stereocenters. The lowest BCUT2D eigenvalue weighted by Gasteiger charge is -2.31. The third kappa shape index (κ3) is 5.97. The van der Waals surface area contributed by atoms with Crippen LogP contribution in [0.3, 0.4) is 0 Å². The van der Waals surface area contributed by atoms with Crippen LogP contribution in [0.15, 0.2) is 30.7 Å². The predicted octanol–water partition coefficient (Wildman–Crippen LogP) is 4.62. The first-order valence-corrected chi connectivity index (χ1v) is 12.8. The number of likely N-dealkylation sites (tertiary alicyclic amines) is 1. The summed E-state index contributed by atoms with van der Waals surface area (Å²) in [5.41, 5.74) is 2.48. The van der Waals surface area contributed by atoms with Gasteiger partial charge in [0.05, 0.1) is 17.9 Å². The summed E-state index contributed by atoms with van der Waals surface area (Å²) in [7, 11) is 0. The molecule has 7 heteroatoms. The highest BCUT2D eigenvalue weighted by molar-refractivity contribution is 6.31. The molecule has 0 bridgehead atoms. The van der Waals surface area contributed by atoms with Crippen molar-refractivity contribution in [2.45, 2.75) is 83.3 Å². The number of amides is 1. The molecule has 2 N–H and O–H groups in total. The van der Waals surface area contributed by atoms with E-state index in [1.165, 1.54) is 37.1 Å². The van der Waals surface area contributed by atoms with Crippen LogP contribution in [0.4, 0.5) is 5.82 Å². The molecule has 1 aromatic carbocycles. The second-order valence-corrected chi connectivity index (χ2v) is 10.7. The number of carbonyl (C=O) groups excluding carboxylic acids is 1. The standard InChI is InChI=1S/C26H38ClN5O/c1-4-8-23(29-20-12-11-19-9-7-10-22(27)21(19)15-20)25(33)30-24-16-32(18-28-24)26(2,3)17-31-13-5-6-14-31/h7,9-10,16,18,20,23,29H,4-6,8,11-15,17H2,1-3H3,(H,30,33)/t20-,23-/m0/s1. The SMILES string of the molecule is CCC[C@H](N[C@H]1CCc2cccc(Cl)c2C1)C(=O)Nc1cn(C(C)(C)CN2CCCC2)cn1. The molecule has 1 fully saturated rings. The van der Waals surface area contributed by atoms with E-state index in [9.17, 15) is 4.79 Å². The topological polar surface area (TPSA) is 62.2 Å². The summed E-state index contributed by atoms with van der Waals surface area (Å²) in [6.07, 6.45) is 11.0. The van der Waals surface area contributed by atoms with Gasteiger partial charge in [0, 0.05) is 23.8 Å². The lowest BCUT2D eigenvalue weighted by Crippen LogP contribution is -2.47. The number of benzene rings is 1. The van der Waals surface area contributed by atoms with Crippen LogP contribution in [0, 0.1) is 0 Å². The number of carbonyl (C=O) groups is 1. The van der Waals surface area contributed by atoms with E-state index in [-0.39, 0.29) is 23.5 Å². The minimum absolute atomic E-state index is 0.00981. The average molecular weight is 472 g/mol. The molecule has 2 atom stereocenters. The summed E-state index contributed by atoms with van der Waals surface area (Å²) in [5.74, 6) is 0.610. The van der Waals surface area contributed by atoms with Crippen molar-refractivity contribution in [2.24, 2.45) is 0 Å². The Morgan fingerprint density at radius 1 is 1.30 bits per heavy atom. The molecule has 0 spiro atoms. The fourth-order valence-electron chi connectivity index (χ4n) is 5.25. The zero-order valence-corrected chi connectivity index (χ0v) is 21.0. The Morgan fingerprint density at radius 3 is 2.85 bits per heavy atom. The van der Waals surface area contributed by atoms with Gasteiger partial charge in [-0.15, -0.1) is 0 Å².